The fourth-order valence-electron chi connectivity index (χ4n) is 6.04. The molecule has 11 nitrogen and oxygen atoms in total. The third-order valence-electron chi connectivity index (χ3n) is 8.17. The van der Waals surface area contributed by atoms with Crippen molar-refractivity contribution in [2.24, 2.45) is 0 Å². The van der Waals surface area contributed by atoms with Crippen LogP contribution in [-0.2, 0) is 29.1 Å². The quantitative estimate of drug-likeness (QED) is 0.360. The number of nitrogens with one attached hydrogen (secondary N) is 1. The standard InChI is InChI=1S/C32H33N7O4/c1-21-30-38(28(41)20-36(2)39(30)32(43)35-18-23-7-4-3-5-8-23)27(17-22-11-13-25(40)14-12-22)31(42)37(21)19-24-9-6-10-26-29(24)34-16-15-33-26/h3-16,21,27,30,40H,17-20H2,1-2H3,(H,35,43)/t21-,27-,30?/m0/s1. The molecule has 6 rings (SSSR count). The molecular formula is C32H33N7O4. The maximum Gasteiger partial charge on any atom is 0.334 e. The first-order chi connectivity index (χ1) is 20.8. The minimum atomic E-state index is -0.863. The predicted molar refractivity (Wildman–Crippen MR) is 159 cm³/mol. The Hall–Kier alpha value is -5.03. The molecule has 1 unspecified atom stereocenters. The van der Waals surface area contributed by atoms with Gasteiger partial charge in [0.25, 0.3) is 0 Å². The van der Waals surface area contributed by atoms with E-state index in [4.69, 9.17) is 0 Å². The van der Waals surface area contributed by atoms with Gasteiger partial charge in [-0.1, -0.05) is 54.6 Å². The number of carbonyl (C=O) groups excluding carboxylic acids is 3. The minimum absolute atomic E-state index is 0.0553. The number of fused-ring (bicyclic) bond motifs is 2. The molecular weight excluding hydrogens is 546 g/mol. The summed E-state index contributed by atoms with van der Waals surface area (Å²) in [7, 11) is 1.71. The molecule has 0 radical (unpaired) electrons. The summed E-state index contributed by atoms with van der Waals surface area (Å²) in [6, 6.07) is 20.1. The van der Waals surface area contributed by atoms with Crippen LogP contribution in [-0.4, -0.2) is 84.6 Å². The molecule has 1 aromatic heterocycles. The van der Waals surface area contributed by atoms with Crippen LogP contribution in [0.15, 0.2) is 85.2 Å². The van der Waals surface area contributed by atoms with Gasteiger partial charge in [0.1, 0.15) is 18.0 Å². The number of carbonyl (C=O) groups is 3. The van der Waals surface area contributed by atoms with Crippen LogP contribution in [0.25, 0.3) is 11.0 Å². The fraction of sp³-hybridized carbons (Fsp3) is 0.281. The summed E-state index contributed by atoms with van der Waals surface area (Å²) in [5.41, 5.74) is 3.95. The highest BCUT2D eigenvalue weighted by molar-refractivity contribution is 5.92. The number of hydrazine groups is 1. The van der Waals surface area contributed by atoms with E-state index in [0.717, 1.165) is 16.7 Å². The molecule has 0 aliphatic carbocycles. The van der Waals surface area contributed by atoms with Crippen molar-refractivity contribution in [3.63, 3.8) is 0 Å². The van der Waals surface area contributed by atoms with Crippen molar-refractivity contribution >= 4 is 28.9 Å². The average molecular weight is 580 g/mol. The van der Waals surface area contributed by atoms with E-state index < -0.39 is 18.2 Å². The lowest BCUT2D eigenvalue weighted by atomic mass is 9.94. The molecule has 2 aliphatic rings. The van der Waals surface area contributed by atoms with Gasteiger partial charge in [-0.3, -0.25) is 19.6 Å². The number of benzene rings is 3. The second-order valence-electron chi connectivity index (χ2n) is 11.0. The second kappa shape index (κ2) is 11.7. The van der Waals surface area contributed by atoms with Gasteiger partial charge in [-0.05, 0) is 41.8 Å². The summed E-state index contributed by atoms with van der Waals surface area (Å²) in [5, 5.41) is 16.0. The van der Waals surface area contributed by atoms with Crippen molar-refractivity contribution in [3.8, 4) is 5.75 Å². The van der Waals surface area contributed by atoms with E-state index in [1.807, 2.05) is 55.5 Å². The smallest absolute Gasteiger partial charge is 0.334 e. The molecule has 4 amide bonds. The molecule has 11 heteroatoms. The van der Waals surface area contributed by atoms with Gasteiger partial charge in [0.15, 0.2) is 0 Å². The van der Waals surface area contributed by atoms with Gasteiger partial charge in [-0.2, -0.15) is 0 Å². The Morgan fingerprint density at radius 2 is 1.70 bits per heavy atom. The molecule has 2 N–H and O–H groups in total. The topological polar surface area (TPSA) is 122 Å². The van der Waals surface area contributed by atoms with E-state index in [-0.39, 0.29) is 43.1 Å². The minimum Gasteiger partial charge on any atom is -0.508 e. The van der Waals surface area contributed by atoms with E-state index in [1.165, 1.54) is 0 Å². The SMILES string of the molecule is C[C@H]1C2N(C(=O)CN(C)N2C(=O)NCc2ccccc2)[C@@H](Cc2ccc(O)cc2)C(=O)N1Cc1cccc2nccnc12. The third kappa shape index (κ3) is 5.46. The van der Waals surface area contributed by atoms with Gasteiger partial charge >= 0.3 is 6.03 Å². The van der Waals surface area contributed by atoms with Crippen molar-refractivity contribution < 1.29 is 19.5 Å². The van der Waals surface area contributed by atoms with Crippen molar-refractivity contribution in [1.82, 2.24) is 35.1 Å². The number of rotatable bonds is 6. The molecule has 0 bridgehead atoms. The number of aromatic nitrogens is 2. The van der Waals surface area contributed by atoms with Crippen molar-refractivity contribution in [2.45, 2.75) is 44.7 Å². The predicted octanol–water partition coefficient (Wildman–Crippen LogP) is 2.90. The molecule has 2 saturated heterocycles. The zero-order valence-electron chi connectivity index (χ0n) is 24.0. The first-order valence-electron chi connectivity index (χ1n) is 14.2. The molecule has 3 atom stereocenters. The fourth-order valence-corrected chi connectivity index (χ4v) is 6.04. The normalized spacial score (nSPS) is 20.8. The Kier molecular flexibility index (Phi) is 7.64. The third-order valence-corrected chi connectivity index (χ3v) is 8.17. The van der Waals surface area contributed by atoms with E-state index in [9.17, 15) is 19.5 Å². The Labute approximate surface area is 249 Å². The van der Waals surface area contributed by atoms with Crippen LogP contribution in [0.1, 0.15) is 23.6 Å². The molecule has 2 aliphatic heterocycles. The van der Waals surface area contributed by atoms with E-state index in [0.29, 0.717) is 17.6 Å². The molecule has 0 saturated carbocycles. The summed E-state index contributed by atoms with van der Waals surface area (Å²) >= 11 is 0. The van der Waals surface area contributed by atoms with Crippen LogP contribution in [0, 0.1) is 0 Å². The molecule has 2 fully saturated rings. The van der Waals surface area contributed by atoms with E-state index >= 15 is 0 Å². The lowest BCUT2D eigenvalue weighted by Gasteiger charge is -2.57. The van der Waals surface area contributed by atoms with Crippen LogP contribution in [0.5, 0.6) is 5.75 Å². The summed E-state index contributed by atoms with van der Waals surface area (Å²) in [6.45, 7) is 2.35. The van der Waals surface area contributed by atoms with Gasteiger partial charge in [-0.25, -0.2) is 14.8 Å². The van der Waals surface area contributed by atoms with Crippen molar-refractivity contribution in [2.75, 3.05) is 13.6 Å². The summed E-state index contributed by atoms with van der Waals surface area (Å²) in [5.74, 6) is -0.347. The number of hydrogen-bond donors (Lipinski definition) is 2. The van der Waals surface area contributed by atoms with Crippen molar-refractivity contribution in [1.29, 1.82) is 0 Å². The number of amides is 4. The van der Waals surface area contributed by atoms with Gasteiger partial charge in [0.2, 0.25) is 11.8 Å². The van der Waals surface area contributed by atoms with Crippen molar-refractivity contribution in [3.05, 3.63) is 102 Å². The Balaban J connectivity index is 1.38. The molecule has 43 heavy (non-hydrogen) atoms. The lowest BCUT2D eigenvalue weighted by molar-refractivity contribution is -0.196. The number of nitrogens with zero attached hydrogens (tertiary/aromatic N) is 6. The van der Waals surface area contributed by atoms with Crippen LogP contribution in [0.4, 0.5) is 4.79 Å². The van der Waals surface area contributed by atoms with Crippen LogP contribution in [0.3, 0.4) is 0 Å². The number of hydrogen-bond acceptors (Lipinski definition) is 7. The summed E-state index contributed by atoms with van der Waals surface area (Å²) in [6.07, 6.45) is 2.71. The Morgan fingerprint density at radius 3 is 2.47 bits per heavy atom. The number of aromatic hydroxyl groups is 1. The molecule has 0 spiro atoms. The Morgan fingerprint density at radius 1 is 0.953 bits per heavy atom. The van der Waals surface area contributed by atoms with Gasteiger partial charge in [-0.15, -0.1) is 0 Å². The molecule has 220 valence electrons. The van der Waals surface area contributed by atoms with Gasteiger partial charge in [0.05, 0.1) is 23.6 Å². The lowest BCUT2D eigenvalue weighted by Crippen LogP contribution is -2.78. The number of likely N-dealkylation sites (N-methyl/N-ethyl adjacent to an activating group) is 1. The maximum absolute atomic E-state index is 14.3. The van der Waals surface area contributed by atoms with E-state index in [2.05, 4.69) is 15.3 Å². The zero-order valence-corrected chi connectivity index (χ0v) is 24.0. The number of phenolic OH excluding ortho intramolecular Hbond substituents is 1. The summed E-state index contributed by atoms with van der Waals surface area (Å²) < 4.78 is 0. The highest BCUT2D eigenvalue weighted by Crippen LogP contribution is 2.33. The first-order valence-corrected chi connectivity index (χ1v) is 14.2. The highest BCUT2D eigenvalue weighted by atomic mass is 16.3. The Bertz CT molecular complexity index is 1640. The largest absolute Gasteiger partial charge is 0.508 e. The monoisotopic (exact) mass is 579 g/mol. The second-order valence-corrected chi connectivity index (χ2v) is 11.0. The van der Waals surface area contributed by atoms with Crippen LogP contribution >= 0.6 is 0 Å². The van der Waals surface area contributed by atoms with Crippen LogP contribution < -0.4 is 5.32 Å². The number of piperazine rings is 1. The first kappa shape index (κ1) is 28.1. The summed E-state index contributed by atoms with van der Waals surface area (Å²) in [4.78, 5) is 54.0. The molecule has 3 aromatic carbocycles. The number of urea groups is 1. The van der Waals surface area contributed by atoms with Gasteiger partial charge in [0, 0.05) is 39.0 Å². The average Bonchev–Trinajstić information content (AvgIpc) is 3.01. The number of phenols is 1. The van der Waals surface area contributed by atoms with Crippen LogP contribution in [0.2, 0.25) is 0 Å². The van der Waals surface area contributed by atoms with E-state index in [1.54, 1.807) is 63.5 Å². The molecule has 3 heterocycles. The molecule has 4 aromatic rings. The zero-order chi connectivity index (χ0) is 30.1. The maximum atomic E-state index is 14.3. The number of para-hydroxylation sites is 1. The highest BCUT2D eigenvalue weighted by Gasteiger charge is 2.54. The van der Waals surface area contributed by atoms with Gasteiger partial charge < -0.3 is 20.2 Å².